The minimum atomic E-state index is 0.269. The maximum atomic E-state index is 5.62. The van der Waals surface area contributed by atoms with Gasteiger partial charge in [-0.1, -0.05) is 18.1 Å². The number of aryl methyl sites for hydroxylation is 1. The number of aromatic nitrogens is 2. The van der Waals surface area contributed by atoms with Gasteiger partial charge >= 0.3 is 0 Å². The molecular formula is C17H18N2O3. The largest absolute Gasteiger partial charge is 0.464 e. The summed E-state index contributed by atoms with van der Waals surface area (Å²) in [5.41, 5.74) is 3.28. The van der Waals surface area contributed by atoms with Gasteiger partial charge in [-0.3, -0.25) is 0 Å². The summed E-state index contributed by atoms with van der Waals surface area (Å²) in [6, 6.07) is 6.30. The van der Waals surface area contributed by atoms with E-state index in [2.05, 4.69) is 29.2 Å². The van der Waals surface area contributed by atoms with Gasteiger partial charge in [0, 0.05) is 23.5 Å². The summed E-state index contributed by atoms with van der Waals surface area (Å²) in [7, 11) is 0. The van der Waals surface area contributed by atoms with E-state index in [1.54, 1.807) is 6.26 Å². The molecule has 2 aromatic heterocycles. The SMILES string of the molecule is CCc1ccc2occ(Cc3nc(C4CCOC4)no3)c2c1. The Hall–Kier alpha value is -2.14. The van der Waals surface area contributed by atoms with Crippen molar-refractivity contribution in [1.82, 2.24) is 10.1 Å². The number of rotatable bonds is 4. The van der Waals surface area contributed by atoms with Crippen molar-refractivity contribution in [1.29, 1.82) is 0 Å². The van der Waals surface area contributed by atoms with Crippen LogP contribution in [-0.4, -0.2) is 23.4 Å². The molecule has 1 aliphatic rings. The van der Waals surface area contributed by atoms with Crippen molar-refractivity contribution in [2.24, 2.45) is 0 Å². The number of hydrogen-bond acceptors (Lipinski definition) is 5. The molecule has 0 radical (unpaired) electrons. The first-order chi connectivity index (χ1) is 10.8. The van der Waals surface area contributed by atoms with E-state index < -0.39 is 0 Å². The summed E-state index contributed by atoms with van der Waals surface area (Å²) in [5.74, 6) is 1.66. The van der Waals surface area contributed by atoms with Crippen LogP contribution in [0.1, 0.15) is 42.1 Å². The van der Waals surface area contributed by atoms with Gasteiger partial charge in [0.15, 0.2) is 5.82 Å². The molecule has 3 heterocycles. The van der Waals surface area contributed by atoms with Crippen LogP contribution in [0.3, 0.4) is 0 Å². The summed E-state index contributed by atoms with van der Waals surface area (Å²) in [6.07, 6.45) is 4.35. The molecule has 1 saturated heterocycles. The molecule has 22 heavy (non-hydrogen) atoms. The van der Waals surface area contributed by atoms with Crippen LogP contribution >= 0.6 is 0 Å². The summed E-state index contributed by atoms with van der Waals surface area (Å²) in [5, 5.41) is 5.22. The lowest BCUT2D eigenvalue weighted by molar-refractivity contribution is 0.192. The fraction of sp³-hybridized carbons (Fsp3) is 0.412. The zero-order valence-corrected chi connectivity index (χ0v) is 12.5. The minimum Gasteiger partial charge on any atom is -0.464 e. The molecule has 1 aromatic carbocycles. The molecule has 0 bridgehead atoms. The Kier molecular flexibility index (Phi) is 3.42. The van der Waals surface area contributed by atoms with Gasteiger partial charge in [0.25, 0.3) is 0 Å². The highest BCUT2D eigenvalue weighted by Gasteiger charge is 2.23. The van der Waals surface area contributed by atoms with Crippen molar-refractivity contribution in [2.45, 2.75) is 32.1 Å². The molecule has 0 amide bonds. The van der Waals surface area contributed by atoms with Crippen LogP contribution in [0, 0.1) is 0 Å². The fourth-order valence-electron chi connectivity index (χ4n) is 2.89. The quantitative estimate of drug-likeness (QED) is 0.738. The highest BCUT2D eigenvalue weighted by atomic mass is 16.5. The second-order valence-corrected chi connectivity index (χ2v) is 5.73. The van der Waals surface area contributed by atoms with E-state index in [1.807, 2.05) is 6.07 Å². The van der Waals surface area contributed by atoms with E-state index in [4.69, 9.17) is 13.7 Å². The number of furan rings is 1. The third-order valence-electron chi connectivity index (χ3n) is 4.25. The molecule has 5 heteroatoms. The van der Waals surface area contributed by atoms with Crippen molar-refractivity contribution < 1.29 is 13.7 Å². The van der Waals surface area contributed by atoms with E-state index in [0.29, 0.717) is 18.9 Å². The fourth-order valence-corrected chi connectivity index (χ4v) is 2.89. The molecule has 0 N–H and O–H groups in total. The first-order valence-electron chi connectivity index (χ1n) is 7.72. The van der Waals surface area contributed by atoms with Gasteiger partial charge in [-0.25, -0.2) is 0 Å². The lowest BCUT2D eigenvalue weighted by atomic mass is 10.1. The Morgan fingerprint density at radius 3 is 3.09 bits per heavy atom. The van der Waals surface area contributed by atoms with Crippen LogP contribution in [-0.2, 0) is 17.6 Å². The van der Waals surface area contributed by atoms with Crippen molar-refractivity contribution in [3.8, 4) is 0 Å². The Bertz CT molecular complexity index is 784. The molecule has 1 fully saturated rings. The predicted octanol–water partition coefficient (Wildman–Crippen LogP) is 3.47. The first-order valence-corrected chi connectivity index (χ1v) is 7.72. The van der Waals surface area contributed by atoms with E-state index in [0.717, 1.165) is 41.8 Å². The maximum absolute atomic E-state index is 5.62. The Morgan fingerprint density at radius 2 is 2.27 bits per heavy atom. The van der Waals surface area contributed by atoms with Crippen LogP contribution in [0.5, 0.6) is 0 Å². The molecular weight excluding hydrogens is 280 g/mol. The van der Waals surface area contributed by atoms with Crippen molar-refractivity contribution in [3.63, 3.8) is 0 Å². The van der Waals surface area contributed by atoms with Crippen molar-refractivity contribution >= 4 is 11.0 Å². The topological polar surface area (TPSA) is 61.3 Å². The summed E-state index contributed by atoms with van der Waals surface area (Å²) in [6.45, 7) is 3.61. The molecule has 4 rings (SSSR count). The van der Waals surface area contributed by atoms with E-state index in [1.165, 1.54) is 5.56 Å². The van der Waals surface area contributed by atoms with Gasteiger partial charge in [0.1, 0.15) is 5.58 Å². The Balaban J connectivity index is 1.60. The maximum Gasteiger partial charge on any atom is 0.231 e. The standard InChI is InChI=1S/C17H18N2O3/c1-2-11-3-4-15-14(7-11)13(10-21-15)8-16-18-17(19-22-16)12-5-6-20-9-12/h3-4,7,10,12H,2,5-6,8-9H2,1H3. The van der Waals surface area contributed by atoms with Crippen LogP contribution in [0.2, 0.25) is 0 Å². The molecule has 1 aliphatic heterocycles. The third kappa shape index (κ3) is 2.41. The number of nitrogens with zero attached hydrogens (tertiary/aromatic N) is 2. The van der Waals surface area contributed by atoms with Crippen LogP contribution in [0.25, 0.3) is 11.0 Å². The molecule has 0 spiro atoms. The second-order valence-electron chi connectivity index (χ2n) is 5.73. The highest BCUT2D eigenvalue weighted by molar-refractivity contribution is 5.82. The van der Waals surface area contributed by atoms with Gasteiger partial charge in [-0.05, 0) is 30.5 Å². The average Bonchev–Trinajstić information content (AvgIpc) is 3.27. The van der Waals surface area contributed by atoms with Gasteiger partial charge in [-0.2, -0.15) is 4.98 Å². The smallest absolute Gasteiger partial charge is 0.231 e. The second kappa shape index (κ2) is 5.57. The minimum absolute atomic E-state index is 0.269. The number of hydrogen-bond donors (Lipinski definition) is 0. The Morgan fingerprint density at radius 1 is 1.32 bits per heavy atom. The summed E-state index contributed by atoms with van der Waals surface area (Å²) >= 11 is 0. The Labute approximate surface area is 128 Å². The lowest BCUT2D eigenvalue weighted by Crippen LogP contribution is -2.00. The molecule has 3 aromatic rings. The van der Waals surface area contributed by atoms with Crippen molar-refractivity contribution in [2.75, 3.05) is 13.2 Å². The lowest BCUT2D eigenvalue weighted by Gasteiger charge is -1.98. The predicted molar refractivity (Wildman–Crippen MR) is 80.9 cm³/mol. The third-order valence-corrected chi connectivity index (χ3v) is 4.25. The monoisotopic (exact) mass is 298 g/mol. The number of benzene rings is 1. The number of fused-ring (bicyclic) bond motifs is 1. The van der Waals surface area contributed by atoms with E-state index in [-0.39, 0.29) is 5.92 Å². The van der Waals surface area contributed by atoms with Crippen molar-refractivity contribution in [3.05, 3.63) is 47.3 Å². The summed E-state index contributed by atoms with van der Waals surface area (Å²) in [4.78, 5) is 4.52. The molecule has 1 unspecified atom stereocenters. The highest BCUT2D eigenvalue weighted by Crippen LogP contribution is 2.26. The zero-order valence-electron chi connectivity index (χ0n) is 12.5. The van der Waals surface area contributed by atoms with Gasteiger partial charge in [0.2, 0.25) is 5.89 Å². The zero-order chi connectivity index (χ0) is 14.9. The van der Waals surface area contributed by atoms with Crippen LogP contribution < -0.4 is 0 Å². The summed E-state index contributed by atoms with van der Waals surface area (Å²) < 4.78 is 16.4. The van der Waals surface area contributed by atoms with Gasteiger partial charge < -0.3 is 13.7 Å². The van der Waals surface area contributed by atoms with E-state index in [9.17, 15) is 0 Å². The molecule has 0 saturated carbocycles. The normalized spacial score (nSPS) is 18.3. The van der Waals surface area contributed by atoms with Gasteiger partial charge in [-0.15, -0.1) is 0 Å². The molecule has 5 nitrogen and oxygen atoms in total. The molecule has 114 valence electrons. The first kappa shape index (κ1) is 13.5. The number of ether oxygens (including phenoxy) is 1. The van der Waals surface area contributed by atoms with Crippen LogP contribution in [0.15, 0.2) is 33.4 Å². The molecule has 1 atom stereocenters. The molecule has 0 aliphatic carbocycles. The van der Waals surface area contributed by atoms with E-state index >= 15 is 0 Å². The van der Waals surface area contributed by atoms with Gasteiger partial charge in [0.05, 0.1) is 19.3 Å². The van der Waals surface area contributed by atoms with Crippen LogP contribution in [0.4, 0.5) is 0 Å². The average molecular weight is 298 g/mol.